The zero-order chi connectivity index (χ0) is 21.1. The highest BCUT2D eigenvalue weighted by Crippen LogP contribution is 2.12. The van der Waals surface area contributed by atoms with Gasteiger partial charge in [-0.3, -0.25) is 14.2 Å². The number of nitrogens with zero attached hydrogens (tertiary/aromatic N) is 6. The number of fused-ring (bicyclic) bond motifs is 1. The van der Waals surface area contributed by atoms with Gasteiger partial charge in [-0.25, -0.2) is 9.67 Å². The summed E-state index contributed by atoms with van der Waals surface area (Å²) in [5.41, 5.74) is 1.75. The average Bonchev–Trinajstić information content (AvgIpc) is 3.15. The van der Waals surface area contributed by atoms with E-state index in [1.54, 1.807) is 36.4 Å². The highest BCUT2D eigenvalue weighted by molar-refractivity contribution is 6.30. The summed E-state index contributed by atoms with van der Waals surface area (Å²) >= 11 is 5.90. The van der Waals surface area contributed by atoms with Crippen LogP contribution in [-0.4, -0.2) is 30.5 Å². The lowest BCUT2D eigenvalue weighted by molar-refractivity contribution is -0.116. The van der Waals surface area contributed by atoms with E-state index in [1.807, 2.05) is 18.2 Å². The summed E-state index contributed by atoms with van der Waals surface area (Å²) in [5, 5.41) is 20.2. The van der Waals surface area contributed by atoms with Crippen molar-refractivity contribution in [1.82, 2.24) is 24.5 Å². The van der Waals surface area contributed by atoms with Crippen molar-refractivity contribution in [2.45, 2.75) is 13.1 Å². The van der Waals surface area contributed by atoms with Gasteiger partial charge in [-0.1, -0.05) is 35.0 Å². The average molecular weight is 420 g/mol. The molecule has 4 rings (SSSR count). The number of benzene rings is 2. The van der Waals surface area contributed by atoms with Gasteiger partial charge in [-0.15, -0.1) is 5.10 Å². The number of amides is 1. The monoisotopic (exact) mass is 419 g/mol. The van der Waals surface area contributed by atoms with Crippen molar-refractivity contribution in [3.05, 3.63) is 81.4 Å². The molecule has 0 aliphatic rings. The van der Waals surface area contributed by atoms with Gasteiger partial charge >= 0.3 is 0 Å². The normalized spacial score (nSPS) is 10.7. The van der Waals surface area contributed by atoms with Crippen LogP contribution < -0.4 is 10.9 Å². The largest absolute Gasteiger partial charge is 0.324 e. The maximum Gasteiger partial charge on any atom is 0.283 e. The number of nitrogens with one attached hydrogen (secondary N) is 1. The van der Waals surface area contributed by atoms with E-state index in [9.17, 15) is 9.59 Å². The van der Waals surface area contributed by atoms with E-state index in [-0.39, 0.29) is 12.1 Å². The minimum atomic E-state index is -0.469. The molecule has 0 bridgehead atoms. The van der Waals surface area contributed by atoms with Crippen molar-refractivity contribution in [1.29, 1.82) is 5.26 Å². The SMILES string of the molecule is N#Cc1cccc(NC(=O)Cn2cnc3c(nnn3Cc3ccc(Cl)cc3)c2=O)c1. The number of hydrogen-bond donors (Lipinski definition) is 1. The predicted octanol–water partition coefficient (Wildman–Crippen LogP) is 2.20. The van der Waals surface area contributed by atoms with Gasteiger partial charge in [0.25, 0.3) is 5.56 Å². The molecule has 1 N–H and O–H groups in total. The molecule has 2 aromatic carbocycles. The lowest BCUT2D eigenvalue weighted by atomic mass is 10.2. The Labute approximate surface area is 175 Å². The maximum absolute atomic E-state index is 12.7. The number of anilines is 1. The van der Waals surface area contributed by atoms with Crippen molar-refractivity contribution >= 4 is 34.4 Å². The molecular weight excluding hydrogens is 406 g/mol. The third kappa shape index (κ3) is 4.04. The van der Waals surface area contributed by atoms with Gasteiger partial charge in [-0.2, -0.15) is 5.26 Å². The minimum Gasteiger partial charge on any atom is -0.324 e. The van der Waals surface area contributed by atoms with Crippen LogP contribution in [0.5, 0.6) is 0 Å². The smallest absolute Gasteiger partial charge is 0.283 e. The van der Waals surface area contributed by atoms with Crippen LogP contribution in [0.2, 0.25) is 5.02 Å². The molecule has 0 aliphatic heterocycles. The summed E-state index contributed by atoms with van der Waals surface area (Å²) in [6.45, 7) is 0.127. The Morgan fingerprint density at radius 1 is 1.20 bits per heavy atom. The molecule has 1 amide bonds. The first kappa shape index (κ1) is 19.3. The fraction of sp³-hybridized carbons (Fsp3) is 0.100. The predicted molar refractivity (Wildman–Crippen MR) is 110 cm³/mol. The number of hydrogen-bond acceptors (Lipinski definition) is 6. The van der Waals surface area contributed by atoms with E-state index in [0.717, 1.165) is 10.1 Å². The van der Waals surface area contributed by atoms with Crippen LogP contribution in [0.1, 0.15) is 11.1 Å². The number of aromatic nitrogens is 5. The second-order valence-corrected chi connectivity index (χ2v) is 6.90. The number of nitriles is 1. The molecule has 0 unspecified atom stereocenters. The Morgan fingerprint density at radius 3 is 2.77 bits per heavy atom. The quantitative estimate of drug-likeness (QED) is 0.529. The Kier molecular flexibility index (Phi) is 5.24. The molecule has 10 heteroatoms. The van der Waals surface area contributed by atoms with Crippen LogP contribution in [0.4, 0.5) is 5.69 Å². The maximum atomic E-state index is 12.7. The van der Waals surface area contributed by atoms with Gasteiger partial charge in [0.1, 0.15) is 12.9 Å². The second kappa shape index (κ2) is 8.14. The molecule has 30 heavy (non-hydrogen) atoms. The van der Waals surface area contributed by atoms with Gasteiger partial charge in [0.05, 0.1) is 18.2 Å². The first-order chi connectivity index (χ1) is 14.5. The third-order valence-electron chi connectivity index (χ3n) is 4.33. The van der Waals surface area contributed by atoms with Gasteiger partial charge in [-0.05, 0) is 35.9 Å². The van der Waals surface area contributed by atoms with Crippen LogP contribution >= 0.6 is 11.6 Å². The van der Waals surface area contributed by atoms with Crippen molar-refractivity contribution in [2.75, 3.05) is 5.32 Å². The molecule has 9 nitrogen and oxygen atoms in total. The van der Waals surface area contributed by atoms with Crippen LogP contribution in [0.25, 0.3) is 11.2 Å². The number of carbonyl (C=O) groups is 1. The Bertz CT molecular complexity index is 1340. The molecule has 148 valence electrons. The third-order valence-corrected chi connectivity index (χ3v) is 4.58. The number of rotatable bonds is 5. The van der Waals surface area contributed by atoms with Gasteiger partial charge in [0.2, 0.25) is 5.91 Å². The summed E-state index contributed by atoms with van der Waals surface area (Å²) in [6, 6.07) is 15.7. The van der Waals surface area contributed by atoms with Gasteiger partial charge in [0, 0.05) is 10.7 Å². The van der Waals surface area contributed by atoms with Crippen molar-refractivity contribution in [3.63, 3.8) is 0 Å². The zero-order valence-electron chi connectivity index (χ0n) is 15.5. The fourth-order valence-corrected chi connectivity index (χ4v) is 3.02. The minimum absolute atomic E-state index is 0.0748. The Hall–Kier alpha value is -4.03. The summed E-state index contributed by atoms with van der Waals surface area (Å²) in [5.74, 6) is -0.429. The van der Waals surface area contributed by atoms with Crippen LogP contribution in [-0.2, 0) is 17.9 Å². The number of carbonyl (C=O) groups excluding carboxylic acids is 1. The highest BCUT2D eigenvalue weighted by Gasteiger charge is 2.14. The van der Waals surface area contributed by atoms with E-state index < -0.39 is 11.5 Å². The van der Waals surface area contributed by atoms with E-state index >= 15 is 0 Å². The van der Waals surface area contributed by atoms with Gasteiger partial charge in [0.15, 0.2) is 11.2 Å². The molecule has 2 heterocycles. The van der Waals surface area contributed by atoms with E-state index in [4.69, 9.17) is 16.9 Å². The molecular formula is C20H14ClN7O2. The van der Waals surface area contributed by atoms with Gasteiger partial charge < -0.3 is 5.32 Å². The zero-order valence-corrected chi connectivity index (χ0v) is 16.2. The lowest BCUT2D eigenvalue weighted by Gasteiger charge is -2.07. The first-order valence-electron chi connectivity index (χ1n) is 8.86. The lowest BCUT2D eigenvalue weighted by Crippen LogP contribution is -2.28. The summed E-state index contributed by atoms with van der Waals surface area (Å²) < 4.78 is 2.67. The molecule has 0 spiro atoms. The van der Waals surface area contributed by atoms with Crippen molar-refractivity contribution < 1.29 is 4.79 Å². The standard InChI is InChI=1S/C20H14ClN7O2/c21-15-6-4-13(5-7-15)10-28-19-18(25-26-28)20(30)27(12-23-19)11-17(29)24-16-3-1-2-14(8-16)9-22/h1-8,12H,10-11H2,(H,24,29). The molecule has 4 aromatic rings. The van der Waals surface area contributed by atoms with Crippen LogP contribution in [0.3, 0.4) is 0 Å². The fourth-order valence-electron chi connectivity index (χ4n) is 2.89. The topological polar surface area (TPSA) is 118 Å². The first-order valence-corrected chi connectivity index (χ1v) is 9.24. The number of halogens is 1. The van der Waals surface area contributed by atoms with Crippen LogP contribution in [0, 0.1) is 11.3 Å². The molecule has 0 fully saturated rings. The van der Waals surface area contributed by atoms with E-state index in [2.05, 4.69) is 20.6 Å². The molecule has 0 radical (unpaired) electrons. The van der Waals surface area contributed by atoms with Crippen molar-refractivity contribution in [2.24, 2.45) is 0 Å². The van der Waals surface area contributed by atoms with Crippen molar-refractivity contribution in [3.8, 4) is 6.07 Å². The summed E-state index contributed by atoms with van der Waals surface area (Å²) in [4.78, 5) is 29.3. The molecule has 2 aromatic heterocycles. The second-order valence-electron chi connectivity index (χ2n) is 6.46. The van der Waals surface area contributed by atoms with E-state index in [1.165, 1.54) is 11.0 Å². The Morgan fingerprint density at radius 2 is 2.00 bits per heavy atom. The van der Waals surface area contributed by atoms with Crippen LogP contribution in [0.15, 0.2) is 59.7 Å². The Balaban J connectivity index is 1.53. The molecule has 0 aliphatic carbocycles. The molecule has 0 saturated heterocycles. The summed E-state index contributed by atoms with van der Waals surface area (Å²) in [7, 11) is 0. The van der Waals surface area contributed by atoms with E-state index in [0.29, 0.717) is 28.5 Å². The molecule has 0 saturated carbocycles. The molecule has 0 atom stereocenters. The highest BCUT2D eigenvalue weighted by atomic mass is 35.5. The summed E-state index contributed by atoms with van der Waals surface area (Å²) in [6.07, 6.45) is 1.29.